The molecule has 5 amide bonds. The van der Waals surface area contributed by atoms with Crippen LogP contribution in [0.5, 0.6) is 0 Å². The minimum atomic E-state index is -4.46. The normalized spacial score (nSPS) is 20.5. The number of hydrogen-bond acceptors (Lipinski definition) is 10. The van der Waals surface area contributed by atoms with Gasteiger partial charge in [-0.25, -0.2) is 4.39 Å². The molecule has 4 saturated heterocycles. The van der Waals surface area contributed by atoms with E-state index >= 15 is 4.39 Å². The third-order valence-corrected chi connectivity index (χ3v) is 14.9. The first kappa shape index (κ1) is 46.9. The first-order valence-electron chi connectivity index (χ1n) is 23.7. The molecule has 18 heteroatoms. The molecule has 3 aromatic carbocycles. The average molecular weight is 940 g/mol. The van der Waals surface area contributed by atoms with E-state index in [0.29, 0.717) is 114 Å². The van der Waals surface area contributed by atoms with Gasteiger partial charge in [-0.1, -0.05) is 24.3 Å². The zero-order valence-electron chi connectivity index (χ0n) is 38.6. The van der Waals surface area contributed by atoms with Crippen LogP contribution in [-0.4, -0.2) is 124 Å². The molecule has 5 aliphatic rings. The predicted octanol–water partition coefficient (Wildman–Crippen LogP) is 6.50. The van der Waals surface area contributed by atoms with Crippen molar-refractivity contribution in [2.24, 2.45) is 5.92 Å². The fraction of sp³-hybridized carbons (Fsp3) is 0.500. The van der Waals surface area contributed by atoms with Gasteiger partial charge in [-0.3, -0.25) is 29.3 Å². The average Bonchev–Trinajstić information content (AvgIpc) is 3.64. The molecule has 1 unspecified atom stereocenters. The Kier molecular flexibility index (Phi) is 13.2. The van der Waals surface area contributed by atoms with E-state index in [9.17, 15) is 37.1 Å². The molecular formula is C50H57F4N9O5. The number of aromatic nitrogens is 2. The Morgan fingerprint density at radius 1 is 0.853 bits per heavy atom. The van der Waals surface area contributed by atoms with Crippen LogP contribution in [0.25, 0.3) is 10.8 Å². The van der Waals surface area contributed by atoms with E-state index in [2.05, 4.69) is 30.6 Å². The number of piperidine rings is 3. The summed E-state index contributed by atoms with van der Waals surface area (Å²) in [5.41, 5.74) is 3.23. The molecule has 9 rings (SSSR count). The largest absolute Gasteiger partial charge is 0.416 e. The number of rotatable bonds is 10. The molecule has 4 aromatic rings. The van der Waals surface area contributed by atoms with Crippen molar-refractivity contribution >= 4 is 51.8 Å². The van der Waals surface area contributed by atoms with Crippen molar-refractivity contribution < 1.29 is 41.5 Å². The summed E-state index contributed by atoms with van der Waals surface area (Å²) in [5, 5.41) is 16.1. The van der Waals surface area contributed by atoms with Crippen molar-refractivity contribution in [3.8, 4) is 0 Å². The van der Waals surface area contributed by atoms with Crippen LogP contribution in [0.15, 0.2) is 48.5 Å². The minimum Gasteiger partial charge on any atom is -0.368 e. The molecule has 0 spiro atoms. The zero-order chi connectivity index (χ0) is 48.0. The third-order valence-electron chi connectivity index (χ3n) is 14.9. The van der Waals surface area contributed by atoms with Crippen molar-refractivity contribution in [1.29, 1.82) is 0 Å². The Hall–Kier alpha value is -6.17. The number of benzene rings is 3. The summed E-state index contributed by atoms with van der Waals surface area (Å²) < 4.78 is 56.5. The summed E-state index contributed by atoms with van der Waals surface area (Å²) in [7, 11) is 0. The van der Waals surface area contributed by atoms with E-state index in [-0.39, 0.29) is 60.1 Å². The van der Waals surface area contributed by atoms with Crippen LogP contribution in [0, 0.1) is 25.6 Å². The van der Waals surface area contributed by atoms with Crippen molar-refractivity contribution in [2.45, 2.75) is 96.4 Å². The maximum absolute atomic E-state index is 15.5. The highest BCUT2D eigenvalue weighted by Crippen LogP contribution is 2.38. The lowest BCUT2D eigenvalue weighted by Crippen LogP contribution is -2.52. The van der Waals surface area contributed by atoms with Gasteiger partial charge in [0.2, 0.25) is 23.6 Å². The monoisotopic (exact) mass is 939 g/mol. The highest BCUT2D eigenvalue weighted by Gasteiger charge is 2.41. The lowest BCUT2D eigenvalue weighted by molar-refractivity contribution is -0.141. The molecule has 0 saturated carbocycles. The van der Waals surface area contributed by atoms with Crippen LogP contribution in [-0.2, 0) is 31.9 Å². The standard InChI is InChI=1S/C50H57F4N9O5/c1-29-36(5-4-6-41(29)50(52,53)54)30(2)55-46-40-26-35(7-8-37(40)31(3)57-58-46)60-21-23-62(24-22-60)48(67)33-13-19-61(20-14-33)45(65)15-18-59-16-11-32(12-17-59)38-25-34-28-63(49(68)39(34)27-42(38)51)43-9-10-44(64)56-47(43)66/h4-8,25-27,30,32-33,43H,9-24,28H2,1-3H3,(H,55,58)(H,56,64,66)/t30-,43?/m1/s1. The second kappa shape index (κ2) is 19.1. The highest BCUT2D eigenvalue weighted by molar-refractivity contribution is 6.05. The fourth-order valence-electron chi connectivity index (χ4n) is 10.9. The van der Waals surface area contributed by atoms with E-state index in [1.165, 1.54) is 24.0 Å². The van der Waals surface area contributed by atoms with Crippen LogP contribution >= 0.6 is 0 Å². The Balaban J connectivity index is 0.722. The third kappa shape index (κ3) is 9.48. The summed E-state index contributed by atoms with van der Waals surface area (Å²) in [6, 6.07) is 12.1. The molecule has 14 nitrogen and oxygen atoms in total. The first-order valence-corrected chi connectivity index (χ1v) is 23.7. The van der Waals surface area contributed by atoms with Gasteiger partial charge in [0.1, 0.15) is 11.9 Å². The molecule has 2 atom stereocenters. The molecule has 5 aliphatic heterocycles. The number of aryl methyl sites for hydroxylation is 1. The van der Waals surface area contributed by atoms with Gasteiger partial charge in [0, 0.05) is 93.1 Å². The molecule has 1 aromatic heterocycles. The number of carbonyl (C=O) groups is 5. The van der Waals surface area contributed by atoms with Crippen LogP contribution in [0.2, 0.25) is 0 Å². The number of nitrogens with one attached hydrogen (secondary N) is 2. The Morgan fingerprint density at radius 2 is 1.59 bits per heavy atom. The van der Waals surface area contributed by atoms with E-state index < -0.39 is 41.5 Å². The van der Waals surface area contributed by atoms with Gasteiger partial charge in [-0.15, -0.1) is 5.10 Å². The quantitative estimate of drug-likeness (QED) is 0.133. The molecule has 68 heavy (non-hydrogen) atoms. The zero-order valence-corrected chi connectivity index (χ0v) is 38.6. The summed E-state index contributed by atoms with van der Waals surface area (Å²) in [6.45, 7) is 10.8. The van der Waals surface area contributed by atoms with Gasteiger partial charge in [0.05, 0.1) is 17.3 Å². The van der Waals surface area contributed by atoms with Gasteiger partial charge in [0.15, 0.2) is 5.82 Å². The second-order valence-electron chi connectivity index (χ2n) is 19.0. The highest BCUT2D eigenvalue weighted by atomic mass is 19.4. The van der Waals surface area contributed by atoms with Crippen LogP contribution in [0.3, 0.4) is 0 Å². The lowest BCUT2D eigenvalue weighted by Gasteiger charge is -2.39. The summed E-state index contributed by atoms with van der Waals surface area (Å²) in [5.74, 6) is -1.21. The molecule has 4 fully saturated rings. The maximum Gasteiger partial charge on any atom is 0.416 e. The predicted molar refractivity (Wildman–Crippen MR) is 246 cm³/mol. The number of carbonyl (C=O) groups excluding carboxylic acids is 5. The number of fused-ring (bicyclic) bond motifs is 2. The summed E-state index contributed by atoms with van der Waals surface area (Å²) in [4.78, 5) is 74.0. The van der Waals surface area contributed by atoms with Gasteiger partial charge >= 0.3 is 6.18 Å². The number of hydrogen-bond donors (Lipinski definition) is 2. The van der Waals surface area contributed by atoms with Crippen LogP contribution in [0.1, 0.15) is 108 Å². The summed E-state index contributed by atoms with van der Waals surface area (Å²) in [6.07, 6.45) is -1.06. The van der Waals surface area contributed by atoms with Crippen molar-refractivity contribution in [1.82, 2.24) is 35.1 Å². The van der Waals surface area contributed by atoms with Crippen LogP contribution < -0.4 is 15.5 Å². The van der Waals surface area contributed by atoms with Crippen LogP contribution in [0.4, 0.5) is 29.1 Å². The Labute approximate surface area is 392 Å². The van der Waals surface area contributed by atoms with Crippen molar-refractivity contribution in [3.05, 3.63) is 93.4 Å². The van der Waals surface area contributed by atoms with E-state index in [1.807, 2.05) is 41.8 Å². The number of nitrogens with zero attached hydrogens (tertiary/aromatic N) is 7. The number of alkyl halides is 3. The number of piperazine rings is 1. The van der Waals surface area contributed by atoms with E-state index in [1.54, 1.807) is 12.1 Å². The molecule has 0 bridgehead atoms. The Morgan fingerprint density at radius 3 is 2.29 bits per heavy atom. The SMILES string of the molecule is Cc1c([C@@H](C)Nc2nnc(C)c3ccc(N4CCN(C(=O)C5CCN(C(=O)CCN6CCC(c7cc8c(cc7F)C(=O)N(C7CCC(=O)NC7=O)C8)CC6)CC5)CC4)cc23)cccc1C(F)(F)F. The molecular weight excluding hydrogens is 883 g/mol. The fourth-order valence-corrected chi connectivity index (χ4v) is 10.9. The van der Waals surface area contributed by atoms with Gasteiger partial charge in [-0.2, -0.15) is 18.3 Å². The molecule has 0 radical (unpaired) electrons. The summed E-state index contributed by atoms with van der Waals surface area (Å²) >= 11 is 0. The topological polar surface area (TPSA) is 151 Å². The van der Waals surface area contributed by atoms with Crippen molar-refractivity contribution in [3.63, 3.8) is 0 Å². The number of imide groups is 1. The van der Waals surface area contributed by atoms with E-state index in [4.69, 9.17) is 0 Å². The lowest BCUT2D eigenvalue weighted by atomic mass is 9.87. The second-order valence-corrected chi connectivity index (χ2v) is 19.0. The number of amides is 5. The van der Waals surface area contributed by atoms with E-state index in [0.717, 1.165) is 28.2 Å². The van der Waals surface area contributed by atoms with Gasteiger partial charge in [0.25, 0.3) is 5.91 Å². The van der Waals surface area contributed by atoms with Crippen molar-refractivity contribution in [2.75, 3.05) is 69.1 Å². The van der Waals surface area contributed by atoms with Gasteiger partial charge in [-0.05, 0) is 118 Å². The Bertz CT molecular complexity index is 2640. The number of halogens is 4. The minimum absolute atomic E-state index is 0.0365. The molecule has 0 aliphatic carbocycles. The molecule has 6 heterocycles. The first-order chi connectivity index (χ1) is 32.5. The maximum atomic E-state index is 15.5. The smallest absolute Gasteiger partial charge is 0.368 e. The number of likely N-dealkylation sites (tertiary alicyclic amines) is 2. The molecule has 2 N–H and O–H groups in total. The molecule has 360 valence electrons. The van der Waals surface area contributed by atoms with Gasteiger partial charge < -0.3 is 29.8 Å². The number of anilines is 2.